The molecule has 1 aliphatic rings. The predicted molar refractivity (Wildman–Crippen MR) is 79.8 cm³/mol. The van der Waals surface area contributed by atoms with E-state index < -0.39 is 6.04 Å². The second-order valence-corrected chi connectivity index (χ2v) is 5.89. The van der Waals surface area contributed by atoms with E-state index in [9.17, 15) is 9.59 Å². The second kappa shape index (κ2) is 5.83. The molecule has 20 heavy (non-hydrogen) atoms. The number of anilines is 1. The minimum atomic E-state index is -0.617. The third-order valence-corrected chi connectivity index (χ3v) is 3.69. The summed E-state index contributed by atoms with van der Waals surface area (Å²) < 4.78 is 0. The summed E-state index contributed by atoms with van der Waals surface area (Å²) in [6.07, 6.45) is 0.892. The third kappa shape index (κ3) is 2.80. The maximum absolute atomic E-state index is 12.5. The number of nitrogens with zero attached hydrogens (tertiary/aromatic N) is 1. The molecule has 5 heteroatoms. The first-order valence-corrected chi connectivity index (χ1v) is 7.16. The van der Waals surface area contributed by atoms with Gasteiger partial charge in [0.25, 0.3) is 5.91 Å². The fraction of sp³-hybridized carbons (Fsp3) is 0.467. The molecule has 4 nitrogen and oxygen atoms in total. The molecular weight excluding hydrogens is 276 g/mol. The van der Waals surface area contributed by atoms with Gasteiger partial charge < -0.3 is 10.2 Å². The standard InChI is InChI=1S/C15H19ClN2O2/c1-9(2)7-8-18-14-11(5-4-6-12(14)16)13(15(18)20)17-10(3)19/h4-6,9,13H,7-8H2,1-3H3,(H,17,19)/t13-/m1/s1. The summed E-state index contributed by atoms with van der Waals surface area (Å²) in [5, 5.41) is 3.25. The summed E-state index contributed by atoms with van der Waals surface area (Å²) in [7, 11) is 0. The van der Waals surface area contributed by atoms with Gasteiger partial charge in [-0.25, -0.2) is 0 Å². The van der Waals surface area contributed by atoms with Crippen molar-refractivity contribution in [1.82, 2.24) is 5.32 Å². The van der Waals surface area contributed by atoms with Crippen LogP contribution in [-0.4, -0.2) is 18.4 Å². The monoisotopic (exact) mass is 294 g/mol. The number of rotatable bonds is 4. The van der Waals surface area contributed by atoms with Gasteiger partial charge in [-0.05, 0) is 18.4 Å². The molecule has 1 heterocycles. The van der Waals surface area contributed by atoms with Gasteiger partial charge >= 0.3 is 0 Å². The summed E-state index contributed by atoms with van der Waals surface area (Å²) in [4.78, 5) is 25.5. The number of halogens is 1. The summed E-state index contributed by atoms with van der Waals surface area (Å²) >= 11 is 6.24. The molecule has 0 bridgehead atoms. The van der Waals surface area contributed by atoms with Crippen molar-refractivity contribution in [3.05, 3.63) is 28.8 Å². The van der Waals surface area contributed by atoms with Gasteiger partial charge in [-0.1, -0.05) is 37.6 Å². The van der Waals surface area contributed by atoms with Crippen LogP contribution in [0.4, 0.5) is 5.69 Å². The maximum atomic E-state index is 12.5. The quantitative estimate of drug-likeness (QED) is 0.928. The Morgan fingerprint density at radius 1 is 1.45 bits per heavy atom. The molecule has 0 aliphatic carbocycles. The van der Waals surface area contributed by atoms with E-state index in [1.165, 1.54) is 6.92 Å². The molecule has 1 aromatic rings. The molecular formula is C15H19ClN2O2. The van der Waals surface area contributed by atoms with Gasteiger partial charge in [0.15, 0.2) is 0 Å². The van der Waals surface area contributed by atoms with Crippen LogP contribution in [0.2, 0.25) is 5.02 Å². The zero-order valence-corrected chi connectivity index (χ0v) is 12.7. The van der Waals surface area contributed by atoms with Crippen molar-refractivity contribution < 1.29 is 9.59 Å². The molecule has 0 fully saturated rings. The minimum Gasteiger partial charge on any atom is -0.341 e. The highest BCUT2D eigenvalue weighted by molar-refractivity contribution is 6.34. The van der Waals surface area contributed by atoms with Crippen LogP contribution in [-0.2, 0) is 9.59 Å². The van der Waals surface area contributed by atoms with Gasteiger partial charge in [-0.2, -0.15) is 0 Å². The van der Waals surface area contributed by atoms with E-state index in [-0.39, 0.29) is 11.8 Å². The van der Waals surface area contributed by atoms with Crippen molar-refractivity contribution in [2.45, 2.75) is 33.2 Å². The van der Waals surface area contributed by atoms with Crippen molar-refractivity contribution in [2.75, 3.05) is 11.4 Å². The topological polar surface area (TPSA) is 49.4 Å². The molecule has 1 aliphatic heterocycles. The van der Waals surface area contributed by atoms with Gasteiger partial charge in [0.2, 0.25) is 5.91 Å². The zero-order valence-electron chi connectivity index (χ0n) is 11.9. The highest BCUT2D eigenvalue weighted by atomic mass is 35.5. The van der Waals surface area contributed by atoms with Crippen LogP contribution >= 0.6 is 11.6 Å². The fourth-order valence-corrected chi connectivity index (χ4v) is 2.68. The second-order valence-electron chi connectivity index (χ2n) is 5.48. The lowest BCUT2D eigenvalue weighted by Crippen LogP contribution is -2.37. The Balaban J connectivity index is 2.36. The molecule has 0 radical (unpaired) electrons. The van der Waals surface area contributed by atoms with Crippen LogP contribution in [0.1, 0.15) is 38.8 Å². The van der Waals surface area contributed by atoms with Gasteiger partial charge in [-0.15, -0.1) is 0 Å². The van der Waals surface area contributed by atoms with Crippen LogP contribution in [0.15, 0.2) is 18.2 Å². The molecule has 108 valence electrons. The van der Waals surface area contributed by atoms with E-state index in [1.54, 1.807) is 17.0 Å². The average molecular weight is 295 g/mol. The zero-order chi connectivity index (χ0) is 14.9. The Kier molecular flexibility index (Phi) is 4.33. The van der Waals surface area contributed by atoms with Gasteiger partial charge in [0.1, 0.15) is 6.04 Å². The minimum absolute atomic E-state index is 0.107. The van der Waals surface area contributed by atoms with E-state index in [2.05, 4.69) is 19.2 Å². The van der Waals surface area contributed by atoms with E-state index in [0.29, 0.717) is 17.5 Å². The maximum Gasteiger partial charge on any atom is 0.254 e. The largest absolute Gasteiger partial charge is 0.341 e. The lowest BCUT2D eigenvalue weighted by atomic mass is 10.1. The van der Waals surface area contributed by atoms with Crippen LogP contribution in [0.5, 0.6) is 0 Å². The molecule has 0 saturated heterocycles. The Morgan fingerprint density at radius 3 is 2.75 bits per heavy atom. The van der Waals surface area contributed by atoms with Crippen molar-refractivity contribution in [1.29, 1.82) is 0 Å². The summed E-state index contributed by atoms with van der Waals surface area (Å²) in [5.41, 5.74) is 1.51. The van der Waals surface area contributed by atoms with Crippen molar-refractivity contribution in [3.8, 4) is 0 Å². The van der Waals surface area contributed by atoms with Crippen molar-refractivity contribution in [2.24, 2.45) is 5.92 Å². The van der Waals surface area contributed by atoms with E-state index >= 15 is 0 Å². The Labute approximate surface area is 124 Å². The number of hydrogen-bond acceptors (Lipinski definition) is 2. The first-order chi connectivity index (χ1) is 9.41. The number of fused-ring (bicyclic) bond motifs is 1. The number of para-hydroxylation sites is 1. The molecule has 0 saturated carbocycles. The number of carbonyl (C=O) groups excluding carboxylic acids is 2. The third-order valence-electron chi connectivity index (χ3n) is 3.39. The van der Waals surface area contributed by atoms with Crippen molar-refractivity contribution in [3.63, 3.8) is 0 Å². The van der Waals surface area contributed by atoms with E-state index in [0.717, 1.165) is 17.7 Å². The Morgan fingerprint density at radius 2 is 2.15 bits per heavy atom. The van der Waals surface area contributed by atoms with Crippen LogP contribution in [0, 0.1) is 5.92 Å². The lowest BCUT2D eigenvalue weighted by Gasteiger charge is -2.20. The van der Waals surface area contributed by atoms with Crippen molar-refractivity contribution >= 4 is 29.1 Å². The SMILES string of the molecule is CC(=O)N[C@H]1C(=O)N(CCC(C)C)c2c(Cl)cccc21. The Bertz CT molecular complexity index is 543. The van der Waals surface area contributed by atoms with E-state index in [4.69, 9.17) is 11.6 Å². The van der Waals surface area contributed by atoms with Gasteiger partial charge in [-0.3, -0.25) is 9.59 Å². The Hall–Kier alpha value is -1.55. The number of carbonyl (C=O) groups is 2. The molecule has 0 aromatic heterocycles. The normalized spacial score (nSPS) is 17.6. The highest BCUT2D eigenvalue weighted by Crippen LogP contribution is 2.41. The molecule has 1 N–H and O–H groups in total. The molecule has 1 aromatic carbocycles. The molecule has 0 unspecified atom stereocenters. The van der Waals surface area contributed by atoms with Crippen LogP contribution in [0.25, 0.3) is 0 Å². The van der Waals surface area contributed by atoms with Gasteiger partial charge in [0.05, 0.1) is 10.7 Å². The highest BCUT2D eigenvalue weighted by Gasteiger charge is 2.38. The molecule has 2 amide bonds. The number of hydrogen-bond donors (Lipinski definition) is 1. The molecule has 0 spiro atoms. The number of benzene rings is 1. The first kappa shape index (κ1) is 14.9. The smallest absolute Gasteiger partial charge is 0.254 e. The predicted octanol–water partition coefficient (Wildman–Crippen LogP) is 2.91. The molecule has 2 rings (SSSR count). The molecule has 1 atom stereocenters. The summed E-state index contributed by atoms with van der Waals surface area (Å²) in [5.74, 6) is 0.164. The summed E-state index contributed by atoms with van der Waals surface area (Å²) in [6, 6.07) is 4.80. The average Bonchev–Trinajstić information content (AvgIpc) is 2.61. The van der Waals surface area contributed by atoms with Crippen LogP contribution < -0.4 is 10.2 Å². The summed E-state index contributed by atoms with van der Waals surface area (Å²) in [6.45, 7) is 6.25. The first-order valence-electron chi connectivity index (χ1n) is 6.78. The fourth-order valence-electron chi connectivity index (χ4n) is 2.40. The lowest BCUT2D eigenvalue weighted by molar-refractivity contribution is -0.126. The number of amides is 2. The van der Waals surface area contributed by atoms with Gasteiger partial charge in [0, 0.05) is 19.0 Å². The van der Waals surface area contributed by atoms with E-state index in [1.807, 2.05) is 6.07 Å². The van der Waals surface area contributed by atoms with Crippen LogP contribution in [0.3, 0.4) is 0 Å². The number of nitrogens with one attached hydrogen (secondary N) is 1.